The highest BCUT2D eigenvalue weighted by molar-refractivity contribution is 5.73. The number of rotatable bonds is 4. The maximum Gasteiger partial charge on any atom is 0.218 e. The van der Waals surface area contributed by atoms with Gasteiger partial charge in [-0.05, 0) is 38.0 Å². The molecule has 33 heavy (non-hydrogen) atoms. The maximum atomic E-state index is 14.2. The van der Waals surface area contributed by atoms with Gasteiger partial charge in [0.25, 0.3) is 0 Å². The summed E-state index contributed by atoms with van der Waals surface area (Å²) in [7, 11) is 1.94. The van der Waals surface area contributed by atoms with Crippen molar-refractivity contribution in [2.75, 3.05) is 31.2 Å². The van der Waals surface area contributed by atoms with Crippen LogP contribution in [0.2, 0.25) is 0 Å². The van der Waals surface area contributed by atoms with Gasteiger partial charge in [0.15, 0.2) is 5.65 Å². The Kier molecular flexibility index (Phi) is 5.41. The molecule has 2 aliphatic heterocycles. The van der Waals surface area contributed by atoms with Gasteiger partial charge in [-0.3, -0.25) is 0 Å². The quantitative estimate of drug-likeness (QED) is 0.601. The predicted molar refractivity (Wildman–Crippen MR) is 121 cm³/mol. The second kappa shape index (κ2) is 8.27. The van der Waals surface area contributed by atoms with E-state index in [0.717, 1.165) is 49.1 Å². The lowest BCUT2D eigenvalue weighted by Crippen LogP contribution is -2.47. The molecule has 0 aromatic carbocycles. The Bertz CT molecular complexity index is 1210. The molecule has 0 unspecified atom stereocenters. The molecule has 0 atom stereocenters. The summed E-state index contributed by atoms with van der Waals surface area (Å²) in [6.07, 6.45) is 5.42. The second-order valence-electron chi connectivity index (χ2n) is 9.22. The van der Waals surface area contributed by atoms with Crippen LogP contribution in [0, 0.1) is 17.1 Å². The number of aryl methyl sites for hydroxylation is 1. The third kappa shape index (κ3) is 4.00. The Morgan fingerprint density at radius 1 is 1.15 bits per heavy atom. The highest BCUT2D eigenvalue weighted by Crippen LogP contribution is 2.41. The smallest absolute Gasteiger partial charge is 0.218 e. The van der Waals surface area contributed by atoms with Gasteiger partial charge in [-0.25, -0.2) is 19.3 Å². The molecule has 5 rings (SSSR count). The minimum atomic E-state index is -0.845. The number of halogens is 1. The highest BCUT2D eigenvalue weighted by atomic mass is 19.1. The number of nitrogens with zero attached hydrogens (tertiary/aromatic N) is 6. The minimum Gasteiger partial charge on any atom is -0.471 e. The molecule has 0 amide bonds. The zero-order chi connectivity index (χ0) is 23.1. The summed E-state index contributed by atoms with van der Waals surface area (Å²) in [6, 6.07) is 7.80. The third-order valence-corrected chi connectivity index (χ3v) is 6.93. The van der Waals surface area contributed by atoms with Crippen LogP contribution < -0.4 is 9.64 Å². The Labute approximate surface area is 192 Å². The van der Waals surface area contributed by atoms with Crippen LogP contribution in [-0.2, 0) is 17.2 Å². The fraction of sp³-hybridized carbons (Fsp3) is 0.500. The van der Waals surface area contributed by atoms with Crippen molar-refractivity contribution in [3.05, 3.63) is 42.1 Å². The second-order valence-corrected chi connectivity index (χ2v) is 9.22. The van der Waals surface area contributed by atoms with E-state index >= 15 is 0 Å². The van der Waals surface area contributed by atoms with Crippen LogP contribution in [0.15, 0.2) is 30.7 Å². The summed E-state index contributed by atoms with van der Waals surface area (Å²) >= 11 is 0. The number of aromatic nitrogens is 4. The summed E-state index contributed by atoms with van der Waals surface area (Å²) < 4.78 is 28.0. The Hall–Kier alpha value is -3.25. The molecule has 0 radical (unpaired) electrons. The van der Waals surface area contributed by atoms with Crippen molar-refractivity contribution >= 4 is 17.0 Å². The number of imidazole rings is 1. The minimum absolute atomic E-state index is 0.352. The molecule has 172 valence electrons. The van der Waals surface area contributed by atoms with Crippen molar-refractivity contribution in [1.29, 1.82) is 5.26 Å². The Balaban J connectivity index is 1.35. The van der Waals surface area contributed by atoms with Crippen LogP contribution in [0.25, 0.3) is 11.2 Å². The molecule has 0 bridgehead atoms. The SMILES string of the molecule is Cn1cnc2ccc(N3CCC(C)(Oc4ncc(F)cc4C4(C#N)CCOCC4)CC3)nc21. The standard InChI is InChI=1S/C24H27FN6O2/c1-23(5-9-31(10-6-23)20-4-3-19-21(29-20)30(2)16-28-19)33-22-18(13-17(25)14-27-22)24(15-26)7-11-32-12-8-24/h3-4,13-14,16H,5-12H2,1-2H3. The summed E-state index contributed by atoms with van der Waals surface area (Å²) in [5.74, 6) is 0.805. The van der Waals surface area contributed by atoms with Crippen LogP contribution in [0.1, 0.15) is 38.2 Å². The lowest BCUT2D eigenvalue weighted by atomic mass is 9.75. The molecule has 8 nitrogen and oxygen atoms in total. The third-order valence-electron chi connectivity index (χ3n) is 6.93. The largest absolute Gasteiger partial charge is 0.471 e. The van der Waals surface area contributed by atoms with Gasteiger partial charge in [-0.15, -0.1) is 0 Å². The molecule has 5 heterocycles. The van der Waals surface area contributed by atoms with Gasteiger partial charge < -0.3 is 18.9 Å². The molecule has 2 saturated heterocycles. The zero-order valence-corrected chi connectivity index (χ0v) is 18.9. The Morgan fingerprint density at radius 3 is 2.64 bits per heavy atom. The molecule has 3 aromatic rings. The topological polar surface area (TPSA) is 89.1 Å². The van der Waals surface area contributed by atoms with Crippen molar-refractivity contribution in [2.24, 2.45) is 7.05 Å². The first-order valence-corrected chi connectivity index (χ1v) is 11.3. The number of fused-ring (bicyclic) bond motifs is 1. The van der Waals surface area contributed by atoms with E-state index in [1.54, 1.807) is 6.33 Å². The molecular weight excluding hydrogens is 423 g/mol. The number of anilines is 1. The lowest BCUT2D eigenvalue weighted by Gasteiger charge is -2.41. The average molecular weight is 451 g/mol. The lowest BCUT2D eigenvalue weighted by molar-refractivity contribution is 0.0465. The van der Waals surface area contributed by atoms with Crippen LogP contribution >= 0.6 is 0 Å². The van der Waals surface area contributed by atoms with Gasteiger partial charge in [0.1, 0.15) is 22.8 Å². The monoisotopic (exact) mass is 450 g/mol. The fourth-order valence-electron chi connectivity index (χ4n) is 4.73. The molecule has 2 aliphatic rings. The van der Waals surface area contributed by atoms with E-state index in [9.17, 15) is 9.65 Å². The van der Waals surface area contributed by atoms with Gasteiger partial charge >= 0.3 is 0 Å². The number of hydrogen-bond donors (Lipinski definition) is 0. The first kappa shape index (κ1) is 21.6. The van der Waals surface area contributed by atoms with E-state index in [-0.39, 0.29) is 0 Å². The van der Waals surface area contributed by atoms with Gasteiger partial charge in [0, 0.05) is 51.8 Å². The van der Waals surface area contributed by atoms with Crippen molar-refractivity contribution in [2.45, 2.75) is 43.6 Å². The highest BCUT2D eigenvalue weighted by Gasteiger charge is 2.40. The van der Waals surface area contributed by atoms with E-state index < -0.39 is 16.8 Å². The normalized spacial score (nSPS) is 19.9. The van der Waals surface area contributed by atoms with Crippen LogP contribution in [-0.4, -0.2) is 51.4 Å². The zero-order valence-electron chi connectivity index (χ0n) is 18.9. The number of piperidine rings is 1. The van der Waals surface area contributed by atoms with Gasteiger partial charge in [0.2, 0.25) is 5.88 Å². The first-order chi connectivity index (χ1) is 15.9. The van der Waals surface area contributed by atoms with Crippen molar-refractivity contribution in [3.8, 4) is 11.9 Å². The van der Waals surface area contributed by atoms with E-state index in [1.807, 2.05) is 23.7 Å². The predicted octanol–water partition coefficient (Wildman–Crippen LogP) is 3.51. The number of ether oxygens (including phenoxy) is 2. The van der Waals surface area contributed by atoms with E-state index in [0.29, 0.717) is 37.5 Å². The summed E-state index contributed by atoms with van der Waals surface area (Å²) in [6.45, 7) is 4.51. The van der Waals surface area contributed by atoms with Crippen LogP contribution in [0.4, 0.5) is 10.2 Å². The summed E-state index contributed by atoms with van der Waals surface area (Å²) in [5.41, 5.74) is 0.938. The van der Waals surface area contributed by atoms with Crippen molar-refractivity contribution in [1.82, 2.24) is 19.5 Å². The van der Waals surface area contributed by atoms with E-state index in [4.69, 9.17) is 14.5 Å². The maximum absolute atomic E-state index is 14.2. The Morgan fingerprint density at radius 2 is 1.91 bits per heavy atom. The van der Waals surface area contributed by atoms with E-state index in [2.05, 4.69) is 27.9 Å². The first-order valence-electron chi connectivity index (χ1n) is 11.3. The van der Waals surface area contributed by atoms with Gasteiger partial charge in [-0.2, -0.15) is 5.26 Å². The van der Waals surface area contributed by atoms with Gasteiger partial charge in [-0.1, -0.05) is 0 Å². The van der Waals surface area contributed by atoms with E-state index in [1.165, 1.54) is 6.07 Å². The summed E-state index contributed by atoms with van der Waals surface area (Å²) in [5, 5.41) is 9.99. The van der Waals surface area contributed by atoms with Crippen LogP contribution in [0.3, 0.4) is 0 Å². The molecule has 0 aliphatic carbocycles. The van der Waals surface area contributed by atoms with Crippen molar-refractivity contribution < 1.29 is 13.9 Å². The number of nitriles is 1. The number of pyridine rings is 2. The van der Waals surface area contributed by atoms with Gasteiger partial charge in [0.05, 0.1) is 24.0 Å². The van der Waals surface area contributed by atoms with Crippen molar-refractivity contribution in [3.63, 3.8) is 0 Å². The molecule has 3 aromatic heterocycles. The fourth-order valence-corrected chi connectivity index (χ4v) is 4.73. The molecule has 2 fully saturated rings. The van der Waals surface area contributed by atoms with Crippen LogP contribution in [0.5, 0.6) is 5.88 Å². The molecule has 9 heteroatoms. The summed E-state index contributed by atoms with van der Waals surface area (Å²) in [4.78, 5) is 15.6. The average Bonchev–Trinajstić information content (AvgIpc) is 3.21. The molecule has 0 spiro atoms. The molecule has 0 N–H and O–H groups in total. The number of hydrogen-bond acceptors (Lipinski definition) is 7. The molecular formula is C24H27FN6O2. The molecule has 0 saturated carbocycles.